The average Bonchev–Trinajstić information content (AvgIpc) is 2.02. The average molecular weight is 201 g/mol. The minimum atomic E-state index is 0.444. The molecule has 0 saturated heterocycles. The Bertz CT molecular complexity index is 205. The highest BCUT2D eigenvalue weighted by Gasteiger charge is 2.57. The second-order valence-corrected chi connectivity index (χ2v) is 6.45. The summed E-state index contributed by atoms with van der Waals surface area (Å²) in [5.74, 6) is 3.29. The fraction of sp³-hybridized carbons (Fsp3) is 1.00. The minimum absolute atomic E-state index is 0.444. The van der Waals surface area contributed by atoms with Gasteiger partial charge in [0, 0.05) is 5.38 Å². The van der Waals surface area contributed by atoms with E-state index in [1.54, 1.807) is 0 Å². The van der Waals surface area contributed by atoms with Crippen molar-refractivity contribution < 1.29 is 0 Å². The summed E-state index contributed by atoms with van der Waals surface area (Å²) in [4.78, 5) is 0. The maximum absolute atomic E-state index is 6.55. The molecule has 0 N–H and O–H groups in total. The van der Waals surface area contributed by atoms with Gasteiger partial charge in [-0.1, -0.05) is 27.7 Å². The number of fused-ring (bicyclic) bond motifs is 2. The van der Waals surface area contributed by atoms with E-state index < -0.39 is 0 Å². The third-order valence-electron chi connectivity index (χ3n) is 4.75. The number of rotatable bonds is 1. The molecule has 0 nitrogen and oxygen atoms in total. The van der Waals surface area contributed by atoms with Gasteiger partial charge in [0.25, 0.3) is 0 Å². The molecule has 4 atom stereocenters. The molecule has 0 aromatic heterocycles. The molecule has 0 aromatic carbocycles. The molecule has 13 heavy (non-hydrogen) atoms. The van der Waals surface area contributed by atoms with Gasteiger partial charge in [0.1, 0.15) is 0 Å². The van der Waals surface area contributed by atoms with E-state index in [-0.39, 0.29) is 0 Å². The lowest BCUT2D eigenvalue weighted by Gasteiger charge is -2.61. The van der Waals surface area contributed by atoms with Crippen LogP contribution in [0.15, 0.2) is 0 Å². The topological polar surface area (TPSA) is 0 Å². The summed E-state index contributed by atoms with van der Waals surface area (Å²) in [6.45, 7) is 9.44. The molecule has 0 radical (unpaired) electrons. The summed E-state index contributed by atoms with van der Waals surface area (Å²) < 4.78 is 0. The molecule has 0 heterocycles. The van der Waals surface area contributed by atoms with Crippen LogP contribution >= 0.6 is 11.6 Å². The number of halogens is 1. The van der Waals surface area contributed by atoms with E-state index in [2.05, 4.69) is 27.7 Å². The van der Waals surface area contributed by atoms with Crippen LogP contribution in [0.5, 0.6) is 0 Å². The summed E-state index contributed by atoms with van der Waals surface area (Å²) in [5, 5.41) is 0.444. The zero-order chi connectivity index (χ0) is 9.80. The van der Waals surface area contributed by atoms with Crippen LogP contribution in [0.1, 0.15) is 40.5 Å². The summed E-state index contributed by atoms with van der Waals surface area (Å²) in [7, 11) is 0. The Morgan fingerprint density at radius 3 is 2.23 bits per heavy atom. The Kier molecular flexibility index (Phi) is 2.18. The van der Waals surface area contributed by atoms with Crippen LogP contribution in [0.25, 0.3) is 0 Å². The molecule has 3 aliphatic carbocycles. The van der Waals surface area contributed by atoms with Gasteiger partial charge in [-0.2, -0.15) is 0 Å². The van der Waals surface area contributed by atoms with Gasteiger partial charge in [-0.3, -0.25) is 0 Å². The van der Waals surface area contributed by atoms with Crippen molar-refractivity contribution in [2.45, 2.75) is 45.9 Å². The Hall–Kier alpha value is 0.290. The lowest BCUT2D eigenvalue weighted by atomic mass is 9.45. The summed E-state index contributed by atoms with van der Waals surface area (Å²) >= 11 is 6.55. The summed E-state index contributed by atoms with van der Waals surface area (Å²) in [6.07, 6.45) is 2.76. The summed E-state index contributed by atoms with van der Waals surface area (Å²) in [5.41, 5.74) is 0.539. The zero-order valence-corrected chi connectivity index (χ0v) is 9.93. The van der Waals surface area contributed by atoms with Gasteiger partial charge in [0.2, 0.25) is 0 Å². The Morgan fingerprint density at radius 2 is 1.85 bits per heavy atom. The largest absolute Gasteiger partial charge is 0.122 e. The molecule has 3 rings (SSSR count). The SMILES string of the molecule is CC(C)C1CC2CC(C1Cl)C2(C)C. The van der Waals surface area contributed by atoms with Crippen molar-refractivity contribution in [3.05, 3.63) is 0 Å². The van der Waals surface area contributed by atoms with E-state index >= 15 is 0 Å². The van der Waals surface area contributed by atoms with Gasteiger partial charge < -0.3 is 0 Å². The van der Waals surface area contributed by atoms with Crippen molar-refractivity contribution in [1.29, 1.82) is 0 Å². The highest BCUT2D eigenvalue weighted by Crippen LogP contribution is 2.63. The number of alkyl halides is 1. The standard InChI is InChI=1S/C12H21Cl/c1-7(2)9-5-8-6-10(11(9)13)12(8,3)4/h7-11H,5-6H2,1-4H3. The van der Waals surface area contributed by atoms with Crippen molar-refractivity contribution in [2.75, 3.05) is 0 Å². The van der Waals surface area contributed by atoms with Gasteiger partial charge in [0.05, 0.1) is 0 Å². The van der Waals surface area contributed by atoms with E-state index in [1.165, 1.54) is 12.8 Å². The van der Waals surface area contributed by atoms with Crippen LogP contribution in [-0.4, -0.2) is 5.38 Å². The van der Waals surface area contributed by atoms with Crippen molar-refractivity contribution in [3.8, 4) is 0 Å². The van der Waals surface area contributed by atoms with Crippen LogP contribution in [0.4, 0.5) is 0 Å². The summed E-state index contributed by atoms with van der Waals surface area (Å²) in [6, 6.07) is 0. The third-order valence-corrected chi connectivity index (χ3v) is 5.38. The van der Waals surface area contributed by atoms with Crippen LogP contribution < -0.4 is 0 Å². The Balaban J connectivity index is 2.12. The Morgan fingerprint density at radius 1 is 1.23 bits per heavy atom. The van der Waals surface area contributed by atoms with E-state index in [1.807, 2.05) is 0 Å². The van der Waals surface area contributed by atoms with Gasteiger partial charge in [-0.15, -0.1) is 11.6 Å². The van der Waals surface area contributed by atoms with Crippen molar-refractivity contribution >= 4 is 11.6 Å². The number of hydrogen-bond donors (Lipinski definition) is 0. The molecular formula is C12H21Cl. The quantitative estimate of drug-likeness (QED) is 0.563. The first-order valence-electron chi connectivity index (χ1n) is 5.58. The molecule has 3 saturated carbocycles. The maximum Gasteiger partial charge on any atom is 0.0400 e. The second-order valence-electron chi connectivity index (χ2n) is 5.95. The smallest absolute Gasteiger partial charge is 0.0400 e. The maximum atomic E-state index is 6.55. The molecule has 2 bridgehead atoms. The number of hydrogen-bond acceptors (Lipinski definition) is 0. The Labute approximate surface area is 87.0 Å². The molecule has 76 valence electrons. The molecule has 0 amide bonds. The minimum Gasteiger partial charge on any atom is -0.122 e. The molecule has 4 unspecified atom stereocenters. The highest BCUT2D eigenvalue weighted by molar-refractivity contribution is 6.21. The zero-order valence-electron chi connectivity index (χ0n) is 9.18. The predicted molar refractivity (Wildman–Crippen MR) is 58.0 cm³/mol. The molecular weight excluding hydrogens is 180 g/mol. The predicted octanol–water partition coefficient (Wildman–Crippen LogP) is 3.93. The van der Waals surface area contributed by atoms with Crippen LogP contribution in [-0.2, 0) is 0 Å². The highest BCUT2D eigenvalue weighted by atomic mass is 35.5. The van der Waals surface area contributed by atoms with E-state index in [0.717, 1.165) is 23.7 Å². The van der Waals surface area contributed by atoms with Crippen LogP contribution in [0.3, 0.4) is 0 Å². The molecule has 1 heteroatoms. The first kappa shape index (κ1) is 9.83. The molecule has 3 aliphatic rings. The third kappa shape index (κ3) is 1.25. The molecule has 0 spiro atoms. The first-order chi connectivity index (χ1) is 5.94. The normalized spacial score (nSPS) is 47.5. The van der Waals surface area contributed by atoms with Gasteiger partial charge >= 0.3 is 0 Å². The van der Waals surface area contributed by atoms with Crippen molar-refractivity contribution in [3.63, 3.8) is 0 Å². The van der Waals surface area contributed by atoms with Gasteiger partial charge in [0.15, 0.2) is 0 Å². The molecule has 0 aromatic rings. The first-order valence-corrected chi connectivity index (χ1v) is 6.02. The van der Waals surface area contributed by atoms with Gasteiger partial charge in [-0.25, -0.2) is 0 Å². The van der Waals surface area contributed by atoms with E-state index in [0.29, 0.717) is 10.8 Å². The monoisotopic (exact) mass is 200 g/mol. The fourth-order valence-electron chi connectivity index (χ4n) is 3.39. The van der Waals surface area contributed by atoms with Crippen molar-refractivity contribution in [1.82, 2.24) is 0 Å². The van der Waals surface area contributed by atoms with E-state index in [9.17, 15) is 0 Å². The lowest BCUT2D eigenvalue weighted by Crippen LogP contribution is -2.57. The van der Waals surface area contributed by atoms with E-state index in [4.69, 9.17) is 11.6 Å². The van der Waals surface area contributed by atoms with Crippen molar-refractivity contribution in [2.24, 2.45) is 29.1 Å². The van der Waals surface area contributed by atoms with Gasteiger partial charge in [-0.05, 0) is 41.9 Å². The molecule has 3 fully saturated rings. The van der Waals surface area contributed by atoms with Crippen LogP contribution in [0, 0.1) is 29.1 Å². The molecule has 0 aliphatic heterocycles. The lowest BCUT2D eigenvalue weighted by molar-refractivity contribution is -0.0940. The fourth-order valence-corrected chi connectivity index (χ4v) is 4.21. The van der Waals surface area contributed by atoms with Crippen LogP contribution in [0.2, 0.25) is 0 Å². The second kappa shape index (κ2) is 2.89.